The highest BCUT2D eigenvalue weighted by Crippen LogP contribution is 2.64. The summed E-state index contributed by atoms with van der Waals surface area (Å²) in [7, 11) is 3.99. The third-order valence-corrected chi connectivity index (χ3v) is 3.86. The average molecular weight is 233 g/mol. The van der Waals surface area contributed by atoms with Crippen LogP contribution in [0.4, 0.5) is 5.69 Å². The molecule has 3 nitrogen and oxygen atoms in total. The molecule has 92 valence electrons. The van der Waals surface area contributed by atoms with E-state index >= 15 is 0 Å². The van der Waals surface area contributed by atoms with Gasteiger partial charge in [-0.3, -0.25) is 4.79 Å². The Morgan fingerprint density at radius 1 is 1.24 bits per heavy atom. The molecule has 0 bridgehead atoms. The Morgan fingerprint density at radius 3 is 2.12 bits per heavy atom. The first-order chi connectivity index (χ1) is 7.85. The highest BCUT2D eigenvalue weighted by molar-refractivity contribution is 5.77. The second-order valence-corrected chi connectivity index (χ2v) is 5.60. The number of hydrogen-bond donors (Lipinski definition) is 1. The summed E-state index contributed by atoms with van der Waals surface area (Å²) < 4.78 is 0. The lowest BCUT2D eigenvalue weighted by atomic mass is 10.0. The number of aliphatic carboxylic acids is 1. The van der Waals surface area contributed by atoms with Gasteiger partial charge >= 0.3 is 5.97 Å². The van der Waals surface area contributed by atoms with E-state index in [0.29, 0.717) is 0 Å². The van der Waals surface area contributed by atoms with E-state index in [-0.39, 0.29) is 17.3 Å². The molecule has 1 aliphatic rings. The lowest BCUT2D eigenvalue weighted by Crippen LogP contribution is -2.08. The number of carboxylic acids is 1. The molecule has 1 fully saturated rings. The van der Waals surface area contributed by atoms with Gasteiger partial charge in [0, 0.05) is 25.7 Å². The van der Waals surface area contributed by atoms with E-state index in [9.17, 15) is 4.79 Å². The minimum absolute atomic E-state index is 0.120. The summed E-state index contributed by atoms with van der Waals surface area (Å²) in [6.45, 7) is 4.05. The van der Waals surface area contributed by atoms with Crippen LogP contribution < -0.4 is 4.90 Å². The molecule has 3 heteroatoms. The summed E-state index contributed by atoms with van der Waals surface area (Å²) in [5, 5.41) is 9.16. The highest BCUT2D eigenvalue weighted by Gasteiger charge is 2.62. The molecule has 0 amide bonds. The molecule has 17 heavy (non-hydrogen) atoms. The number of anilines is 1. The van der Waals surface area contributed by atoms with Gasteiger partial charge in [0.1, 0.15) is 0 Å². The van der Waals surface area contributed by atoms with Gasteiger partial charge in [0.25, 0.3) is 0 Å². The first-order valence-electron chi connectivity index (χ1n) is 5.86. The van der Waals surface area contributed by atoms with Gasteiger partial charge in [-0.25, -0.2) is 0 Å². The van der Waals surface area contributed by atoms with Crippen molar-refractivity contribution in [3.8, 4) is 0 Å². The number of carbonyl (C=O) groups is 1. The first kappa shape index (κ1) is 12.0. The molecule has 1 saturated carbocycles. The van der Waals surface area contributed by atoms with Crippen molar-refractivity contribution in [2.75, 3.05) is 19.0 Å². The van der Waals surface area contributed by atoms with Gasteiger partial charge in [-0.15, -0.1) is 0 Å². The van der Waals surface area contributed by atoms with Gasteiger partial charge < -0.3 is 10.0 Å². The quantitative estimate of drug-likeness (QED) is 0.872. The summed E-state index contributed by atoms with van der Waals surface area (Å²) in [6.07, 6.45) is 0. The summed E-state index contributed by atoms with van der Waals surface area (Å²) in [6, 6.07) is 8.18. The number of rotatable bonds is 3. The van der Waals surface area contributed by atoms with E-state index in [4.69, 9.17) is 5.11 Å². The van der Waals surface area contributed by atoms with Crippen molar-refractivity contribution in [1.82, 2.24) is 0 Å². The second kappa shape index (κ2) is 3.76. The Labute approximate surface area is 102 Å². The fourth-order valence-electron chi connectivity index (χ4n) is 2.70. The minimum Gasteiger partial charge on any atom is -0.481 e. The molecule has 0 aliphatic heterocycles. The van der Waals surface area contributed by atoms with Gasteiger partial charge in [-0.2, -0.15) is 0 Å². The number of hydrogen-bond acceptors (Lipinski definition) is 2. The third-order valence-electron chi connectivity index (χ3n) is 3.86. The van der Waals surface area contributed by atoms with Gasteiger partial charge in [0.2, 0.25) is 0 Å². The van der Waals surface area contributed by atoms with Crippen LogP contribution in [0, 0.1) is 11.3 Å². The molecule has 0 heterocycles. The lowest BCUT2D eigenvalue weighted by molar-refractivity contribution is -0.139. The Bertz CT molecular complexity index is 434. The zero-order valence-electron chi connectivity index (χ0n) is 10.8. The van der Waals surface area contributed by atoms with E-state index in [0.717, 1.165) is 11.3 Å². The van der Waals surface area contributed by atoms with Crippen LogP contribution in [0.15, 0.2) is 24.3 Å². The van der Waals surface area contributed by atoms with Crippen LogP contribution >= 0.6 is 0 Å². The molecular weight excluding hydrogens is 214 g/mol. The summed E-state index contributed by atoms with van der Waals surface area (Å²) >= 11 is 0. The van der Waals surface area contributed by atoms with Gasteiger partial charge in [-0.05, 0) is 23.1 Å². The van der Waals surface area contributed by atoms with Crippen LogP contribution in [-0.2, 0) is 4.79 Å². The average Bonchev–Trinajstić information content (AvgIpc) is 2.82. The fourth-order valence-corrected chi connectivity index (χ4v) is 2.70. The van der Waals surface area contributed by atoms with Crippen molar-refractivity contribution in [2.24, 2.45) is 11.3 Å². The summed E-state index contributed by atoms with van der Waals surface area (Å²) in [5.41, 5.74) is 2.15. The molecule has 0 aromatic heterocycles. The topological polar surface area (TPSA) is 40.5 Å². The van der Waals surface area contributed by atoms with E-state index in [1.807, 2.05) is 57.1 Å². The molecule has 0 spiro atoms. The van der Waals surface area contributed by atoms with Crippen LogP contribution in [0.2, 0.25) is 0 Å². The van der Waals surface area contributed by atoms with Crippen molar-refractivity contribution in [2.45, 2.75) is 19.8 Å². The van der Waals surface area contributed by atoms with E-state index in [1.54, 1.807) is 0 Å². The number of nitrogens with zero attached hydrogens (tertiary/aromatic N) is 1. The molecule has 0 unspecified atom stereocenters. The molecule has 1 aromatic carbocycles. The van der Waals surface area contributed by atoms with Crippen molar-refractivity contribution < 1.29 is 9.90 Å². The van der Waals surface area contributed by atoms with Gasteiger partial charge in [0.05, 0.1) is 5.92 Å². The monoisotopic (exact) mass is 233 g/mol. The normalized spacial score (nSPS) is 25.4. The van der Waals surface area contributed by atoms with Crippen LogP contribution in [0.3, 0.4) is 0 Å². The smallest absolute Gasteiger partial charge is 0.307 e. The zero-order chi connectivity index (χ0) is 12.8. The minimum atomic E-state index is -0.684. The van der Waals surface area contributed by atoms with E-state index in [1.165, 1.54) is 0 Å². The Kier molecular flexibility index (Phi) is 2.64. The largest absolute Gasteiger partial charge is 0.481 e. The number of carboxylic acid groups (broad SMARTS) is 1. The van der Waals surface area contributed by atoms with Crippen LogP contribution in [0.1, 0.15) is 25.3 Å². The predicted molar refractivity (Wildman–Crippen MR) is 68.4 cm³/mol. The Morgan fingerprint density at radius 2 is 1.76 bits per heavy atom. The Balaban J connectivity index is 2.23. The predicted octanol–water partition coefficient (Wildman–Crippen LogP) is 2.58. The van der Waals surface area contributed by atoms with Crippen molar-refractivity contribution in [3.05, 3.63) is 29.8 Å². The number of benzene rings is 1. The summed E-state index contributed by atoms with van der Waals surface area (Å²) in [5.74, 6) is -0.777. The van der Waals surface area contributed by atoms with E-state index < -0.39 is 5.97 Å². The van der Waals surface area contributed by atoms with Gasteiger partial charge in [-0.1, -0.05) is 26.0 Å². The molecule has 0 saturated heterocycles. The molecular formula is C14H19NO2. The second-order valence-electron chi connectivity index (χ2n) is 5.60. The maximum absolute atomic E-state index is 11.1. The molecule has 0 radical (unpaired) electrons. The van der Waals surface area contributed by atoms with E-state index in [2.05, 4.69) is 0 Å². The maximum Gasteiger partial charge on any atom is 0.307 e. The van der Waals surface area contributed by atoms with Crippen molar-refractivity contribution in [1.29, 1.82) is 0 Å². The van der Waals surface area contributed by atoms with Gasteiger partial charge in [0.15, 0.2) is 0 Å². The molecule has 1 N–H and O–H groups in total. The maximum atomic E-state index is 11.1. The molecule has 2 atom stereocenters. The van der Waals surface area contributed by atoms with Crippen molar-refractivity contribution >= 4 is 11.7 Å². The summed E-state index contributed by atoms with van der Waals surface area (Å²) in [4.78, 5) is 13.2. The fraction of sp³-hybridized carbons (Fsp3) is 0.500. The third kappa shape index (κ3) is 1.90. The van der Waals surface area contributed by atoms with Crippen molar-refractivity contribution in [3.63, 3.8) is 0 Å². The highest BCUT2D eigenvalue weighted by atomic mass is 16.4. The molecule has 2 rings (SSSR count). The lowest BCUT2D eigenvalue weighted by Gasteiger charge is -2.13. The standard InChI is InChI=1S/C14H19NO2/c1-14(2)11(12(14)13(16)17)9-5-7-10(8-6-9)15(3)4/h5-8,11-12H,1-4H3,(H,16,17)/t11-,12+/m1/s1. The SMILES string of the molecule is CN(C)c1ccc([C@@H]2[C@@H](C(=O)O)C2(C)C)cc1. The first-order valence-corrected chi connectivity index (χ1v) is 5.86. The van der Waals surface area contributed by atoms with Crippen LogP contribution in [0.25, 0.3) is 0 Å². The molecule has 1 aliphatic carbocycles. The molecule has 1 aromatic rings. The van der Waals surface area contributed by atoms with Crippen LogP contribution in [0.5, 0.6) is 0 Å². The zero-order valence-corrected chi connectivity index (χ0v) is 10.8. The van der Waals surface area contributed by atoms with Crippen LogP contribution in [-0.4, -0.2) is 25.2 Å². The Hall–Kier alpha value is -1.51.